The molecule has 5 nitrogen and oxygen atoms in total. The number of aromatic nitrogens is 1. The Labute approximate surface area is 147 Å². The predicted octanol–water partition coefficient (Wildman–Crippen LogP) is 2.52. The van der Waals surface area contributed by atoms with Crippen LogP contribution in [0.5, 0.6) is 0 Å². The number of aryl methyl sites for hydroxylation is 1. The minimum atomic E-state index is -3.23. The first-order valence-electron chi connectivity index (χ1n) is 8.28. The molecule has 1 aromatic carbocycles. The SMILES string of the molecule is O=S(=O)(CCc1ccccc1)NCC1CCCN(c2nccs2)C1. The number of sulfonamides is 1. The molecule has 0 spiro atoms. The van der Waals surface area contributed by atoms with Crippen molar-refractivity contribution in [3.8, 4) is 0 Å². The second-order valence-electron chi connectivity index (χ2n) is 6.17. The van der Waals surface area contributed by atoms with Crippen LogP contribution in [0, 0.1) is 5.92 Å². The highest BCUT2D eigenvalue weighted by atomic mass is 32.2. The third kappa shape index (κ3) is 5.03. The highest BCUT2D eigenvalue weighted by Gasteiger charge is 2.23. The lowest BCUT2D eigenvalue weighted by Gasteiger charge is -2.32. The van der Waals surface area contributed by atoms with Crippen molar-refractivity contribution in [2.45, 2.75) is 19.3 Å². The van der Waals surface area contributed by atoms with Gasteiger partial charge in [-0.3, -0.25) is 0 Å². The molecule has 24 heavy (non-hydrogen) atoms. The number of benzene rings is 1. The van der Waals surface area contributed by atoms with Crippen LogP contribution < -0.4 is 9.62 Å². The maximum absolute atomic E-state index is 12.2. The largest absolute Gasteiger partial charge is 0.348 e. The van der Waals surface area contributed by atoms with Crippen molar-refractivity contribution < 1.29 is 8.42 Å². The van der Waals surface area contributed by atoms with E-state index < -0.39 is 10.0 Å². The van der Waals surface area contributed by atoms with Gasteiger partial charge in [-0.15, -0.1) is 11.3 Å². The van der Waals surface area contributed by atoms with E-state index in [1.165, 1.54) is 0 Å². The van der Waals surface area contributed by atoms with Gasteiger partial charge in [0.15, 0.2) is 5.13 Å². The summed E-state index contributed by atoms with van der Waals surface area (Å²) in [5.74, 6) is 0.481. The third-order valence-electron chi connectivity index (χ3n) is 4.30. The van der Waals surface area contributed by atoms with Gasteiger partial charge in [-0.2, -0.15) is 0 Å². The Hall–Kier alpha value is -1.44. The molecule has 1 atom stereocenters. The average Bonchev–Trinajstić information content (AvgIpc) is 3.14. The molecule has 0 bridgehead atoms. The van der Waals surface area contributed by atoms with E-state index in [4.69, 9.17) is 0 Å². The normalized spacial score (nSPS) is 18.7. The van der Waals surface area contributed by atoms with Gasteiger partial charge in [0.25, 0.3) is 0 Å². The molecule has 7 heteroatoms. The maximum atomic E-state index is 12.2. The van der Waals surface area contributed by atoms with Gasteiger partial charge in [-0.05, 0) is 30.7 Å². The van der Waals surface area contributed by atoms with Crippen LogP contribution in [-0.2, 0) is 16.4 Å². The number of thiazole rings is 1. The molecule has 3 rings (SSSR count). The summed E-state index contributed by atoms with van der Waals surface area (Å²) in [6, 6.07) is 9.73. The summed E-state index contributed by atoms with van der Waals surface area (Å²) < 4.78 is 27.2. The molecule has 130 valence electrons. The van der Waals surface area contributed by atoms with Gasteiger partial charge in [0.1, 0.15) is 0 Å². The van der Waals surface area contributed by atoms with E-state index >= 15 is 0 Å². The molecule has 1 N–H and O–H groups in total. The molecule has 1 fully saturated rings. The minimum Gasteiger partial charge on any atom is -0.348 e. The van der Waals surface area contributed by atoms with E-state index in [9.17, 15) is 8.42 Å². The number of hydrogen-bond donors (Lipinski definition) is 1. The molecule has 2 heterocycles. The minimum absolute atomic E-state index is 0.139. The fourth-order valence-electron chi connectivity index (χ4n) is 2.99. The summed E-state index contributed by atoms with van der Waals surface area (Å²) >= 11 is 1.64. The Morgan fingerprint density at radius 2 is 2.12 bits per heavy atom. The van der Waals surface area contributed by atoms with Crippen LogP contribution in [0.4, 0.5) is 5.13 Å². The van der Waals surface area contributed by atoms with Crippen LogP contribution in [0.1, 0.15) is 18.4 Å². The Kier molecular flexibility index (Phi) is 5.86. The first-order chi connectivity index (χ1) is 11.6. The number of rotatable bonds is 7. The quantitative estimate of drug-likeness (QED) is 0.819. The summed E-state index contributed by atoms with van der Waals surface area (Å²) in [7, 11) is -3.23. The Bertz CT molecular complexity index is 718. The fourth-order valence-corrected chi connectivity index (χ4v) is 4.81. The molecule has 0 radical (unpaired) electrons. The number of nitrogens with one attached hydrogen (secondary N) is 1. The van der Waals surface area contributed by atoms with Crippen molar-refractivity contribution in [3.63, 3.8) is 0 Å². The lowest BCUT2D eigenvalue weighted by atomic mass is 9.99. The lowest BCUT2D eigenvalue weighted by Crippen LogP contribution is -2.41. The van der Waals surface area contributed by atoms with Crippen molar-refractivity contribution >= 4 is 26.5 Å². The van der Waals surface area contributed by atoms with Gasteiger partial charge in [-0.25, -0.2) is 18.1 Å². The highest BCUT2D eigenvalue weighted by molar-refractivity contribution is 7.89. The van der Waals surface area contributed by atoms with Crippen LogP contribution in [0.15, 0.2) is 41.9 Å². The van der Waals surface area contributed by atoms with Crippen molar-refractivity contribution in [2.75, 3.05) is 30.3 Å². The number of nitrogens with zero attached hydrogens (tertiary/aromatic N) is 2. The lowest BCUT2D eigenvalue weighted by molar-refractivity contribution is 0.410. The zero-order chi connectivity index (χ0) is 16.8. The van der Waals surface area contributed by atoms with Gasteiger partial charge in [-0.1, -0.05) is 30.3 Å². The van der Waals surface area contributed by atoms with Crippen molar-refractivity contribution in [3.05, 3.63) is 47.5 Å². The van der Waals surface area contributed by atoms with Gasteiger partial charge in [0.2, 0.25) is 10.0 Å². The van der Waals surface area contributed by atoms with Crippen molar-refractivity contribution in [2.24, 2.45) is 5.92 Å². The summed E-state index contributed by atoms with van der Waals surface area (Å²) in [4.78, 5) is 6.61. The third-order valence-corrected chi connectivity index (χ3v) is 6.48. The van der Waals surface area contributed by atoms with E-state index in [0.717, 1.165) is 36.6 Å². The topological polar surface area (TPSA) is 62.3 Å². The van der Waals surface area contributed by atoms with Crippen LogP contribution in [-0.4, -0.2) is 38.8 Å². The van der Waals surface area contributed by atoms with E-state index in [0.29, 0.717) is 18.9 Å². The average molecular weight is 366 g/mol. The zero-order valence-electron chi connectivity index (χ0n) is 13.6. The van der Waals surface area contributed by atoms with Crippen LogP contribution in [0.3, 0.4) is 0 Å². The smallest absolute Gasteiger partial charge is 0.211 e. The van der Waals surface area contributed by atoms with E-state index in [1.807, 2.05) is 41.9 Å². The molecule has 1 aromatic heterocycles. The van der Waals surface area contributed by atoms with Gasteiger partial charge >= 0.3 is 0 Å². The molecule has 2 aromatic rings. The highest BCUT2D eigenvalue weighted by Crippen LogP contribution is 2.24. The Balaban J connectivity index is 1.47. The number of piperidine rings is 1. The first-order valence-corrected chi connectivity index (χ1v) is 10.8. The first kappa shape index (κ1) is 17.4. The molecule has 0 aliphatic carbocycles. The molecule has 1 aliphatic rings. The maximum Gasteiger partial charge on any atom is 0.211 e. The van der Waals surface area contributed by atoms with Crippen molar-refractivity contribution in [1.29, 1.82) is 0 Å². The number of hydrogen-bond acceptors (Lipinski definition) is 5. The summed E-state index contributed by atoms with van der Waals surface area (Å²) in [6.07, 6.45) is 4.50. The van der Waals surface area contributed by atoms with Crippen molar-refractivity contribution in [1.82, 2.24) is 9.71 Å². The molecule has 0 saturated carbocycles. The van der Waals surface area contributed by atoms with Gasteiger partial charge < -0.3 is 4.90 Å². The Morgan fingerprint density at radius 3 is 2.88 bits per heavy atom. The zero-order valence-corrected chi connectivity index (χ0v) is 15.2. The summed E-state index contributed by atoms with van der Waals surface area (Å²) in [5.41, 5.74) is 1.05. The number of anilines is 1. The summed E-state index contributed by atoms with van der Waals surface area (Å²) in [6.45, 7) is 2.39. The van der Waals surface area contributed by atoms with E-state index in [1.54, 1.807) is 11.3 Å². The standard InChI is InChI=1S/C17H23N3O2S2/c21-24(22,12-8-15-5-2-1-3-6-15)19-13-16-7-4-10-20(14-16)17-18-9-11-23-17/h1-3,5-6,9,11,16,19H,4,7-8,10,12-14H2. The molecule has 0 amide bonds. The Morgan fingerprint density at radius 1 is 1.29 bits per heavy atom. The molecular weight excluding hydrogens is 342 g/mol. The van der Waals surface area contributed by atoms with E-state index in [-0.39, 0.29) is 5.75 Å². The summed E-state index contributed by atoms with van der Waals surface area (Å²) in [5, 5.41) is 3.01. The molecule has 1 saturated heterocycles. The second kappa shape index (κ2) is 8.09. The molecular formula is C17H23N3O2S2. The van der Waals surface area contributed by atoms with Gasteiger partial charge in [0.05, 0.1) is 5.75 Å². The second-order valence-corrected chi connectivity index (χ2v) is 8.97. The van der Waals surface area contributed by atoms with Crippen LogP contribution in [0.25, 0.3) is 0 Å². The van der Waals surface area contributed by atoms with Crippen LogP contribution in [0.2, 0.25) is 0 Å². The fraction of sp³-hybridized carbons (Fsp3) is 0.471. The predicted molar refractivity (Wildman–Crippen MR) is 99.0 cm³/mol. The monoisotopic (exact) mass is 365 g/mol. The molecule has 1 unspecified atom stereocenters. The van der Waals surface area contributed by atoms with Gasteiger partial charge in [0, 0.05) is 31.2 Å². The van der Waals surface area contributed by atoms with E-state index in [2.05, 4.69) is 14.6 Å². The molecule has 1 aliphatic heterocycles. The van der Waals surface area contributed by atoms with Crippen LogP contribution >= 0.6 is 11.3 Å².